The standard InChI is InChI=1S/C15H23N3O2/c1-3-11(2)18-14(19)8-9-17-10-12-4-6-13(7-5-12)15(16)20/h4-7,11,17H,3,8-10H2,1-2H3,(H2,16,20)(H,18,19). The lowest BCUT2D eigenvalue weighted by Crippen LogP contribution is -2.33. The number of amides is 2. The summed E-state index contributed by atoms with van der Waals surface area (Å²) in [4.78, 5) is 22.5. The molecule has 1 atom stereocenters. The monoisotopic (exact) mass is 277 g/mol. The van der Waals surface area contributed by atoms with Gasteiger partial charge in [-0.3, -0.25) is 9.59 Å². The molecule has 0 heterocycles. The molecule has 1 rings (SSSR count). The smallest absolute Gasteiger partial charge is 0.248 e. The van der Waals surface area contributed by atoms with E-state index in [9.17, 15) is 9.59 Å². The lowest BCUT2D eigenvalue weighted by atomic mass is 10.1. The Hall–Kier alpha value is -1.88. The summed E-state index contributed by atoms with van der Waals surface area (Å²) in [5.74, 6) is -0.359. The van der Waals surface area contributed by atoms with Crippen LogP contribution in [-0.2, 0) is 11.3 Å². The van der Waals surface area contributed by atoms with Gasteiger partial charge in [0.15, 0.2) is 0 Å². The molecular formula is C15H23N3O2. The number of hydrogen-bond donors (Lipinski definition) is 3. The van der Waals surface area contributed by atoms with E-state index in [0.717, 1.165) is 12.0 Å². The fraction of sp³-hybridized carbons (Fsp3) is 0.467. The summed E-state index contributed by atoms with van der Waals surface area (Å²) in [6, 6.07) is 7.34. The highest BCUT2D eigenvalue weighted by Gasteiger charge is 2.04. The number of primary amides is 1. The third-order valence-electron chi connectivity index (χ3n) is 3.12. The molecule has 2 amide bonds. The van der Waals surface area contributed by atoms with Gasteiger partial charge in [0.25, 0.3) is 0 Å². The van der Waals surface area contributed by atoms with Crippen molar-refractivity contribution in [1.29, 1.82) is 0 Å². The summed E-state index contributed by atoms with van der Waals surface area (Å²) < 4.78 is 0. The van der Waals surface area contributed by atoms with E-state index in [-0.39, 0.29) is 11.9 Å². The first-order valence-corrected chi connectivity index (χ1v) is 6.91. The molecule has 0 spiro atoms. The first-order valence-electron chi connectivity index (χ1n) is 6.91. The van der Waals surface area contributed by atoms with Crippen molar-refractivity contribution in [2.45, 2.75) is 39.3 Å². The molecule has 5 heteroatoms. The molecule has 0 fully saturated rings. The van der Waals surface area contributed by atoms with Crippen LogP contribution in [0.15, 0.2) is 24.3 Å². The second kappa shape index (κ2) is 8.32. The van der Waals surface area contributed by atoms with Crippen molar-refractivity contribution in [3.63, 3.8) is 0 Å². The molecule has 20 heavy (non-hydrogen) atoms. The summed E-state index contributed by atoms with van der Waals surface area (Å²) in [6.07, 6.45) is 1.40. The first-order chi connectivity index (χ1) is 9.52. The maximum atomic E-state index is 11.5. The Morgan fingerprint density at radius 1 is 1.25 bits per heavy atom. The summed E-state index contributed by atoms with van der Waals surface area (Å²) >= 11 is 0. The van der Waals surface area contributed by atoms with Crippen molar-refractivity contribution in [2.24, 2.45) is 5.73 Å². The molecule has 4 N–H and O–H groups in total. The third kappa shape index (κ3) is 5.84. The predicted molar refractivity (Wildman–Crippen MR) is 79.2 cm³/mol. The molecule has 0 aliphatic rings. The molecule has 0 radical (unpaired) electrons. The van der Waals surface area contributed by atoms with Crippen molar-refractivity contribution in [3.8, 4) is 0 Å². The van der Waals surface area contributed by atoms with E-state index >= 15 is 0 Å². The van der Waals surface area contributed by atoms with Gasteiger partial charge in [0.2, 0.25) is 11.8 Å². The average molecular weight is 277 g/mol. The van der Waals surface area contributed by atoms with Gasteiger partial charge in [0.1, 0.15) is 0 Å². The Bertz CT molecular complexity index is 443. The second-order valence-corrected chi connectivity index (χ2v) is 4.86. The van der Waals surface area contributed by atoms with Crippen LogP contribution in [-0.4, -0.2) is 24.4 Å². The van der Waals surface area contributed by atoms with E-state index in [4.69, 9.17) is 5.73 Å². The van der Waals surface area contributed by atoms with Crippen molar-refractivity contribution in [1.82, 2.24) is 10.6 Å². The van der Waals surface area contributed by atoms with Gasteiger partial charge < -0.3 is 16.4 Å². The lowest BCUT2D eigenvalue weighted by molar-refractivity contribution is -0.121. The normalized spacial score (nSPS) is 11.9. The van der Waals surface area contributed by atoms with Crippen LogP contribution in [0.4, 0.5) is 0 Å². The lowest BCUT2D eigenvalue weighted by Gasteiger charge is -2.11. The van der Waals surface area contributed by atoms with Gasteiger partial charge in [-0.2, -0.15) is 0 Å². The van der Waals surface area contributed by atoms with E-state index < -0.39 is 5.91 Å². The molecule has 5 nitrogen and oxygen atoms in total. The van der Waals surface area contributed by atoms with Gasteiger partial charge in [0, 0.05) is 31.1 Å². The van der Waals surface area contributed by atoms with Crippen LogP contribution >= 0.6 is 0 Å². The van der Waals surface area contributed by atoms with Crippen LogP contribution in [0.2, 0.25) is 0 Å². The van der Waals surface area contributed by atoms with Crippen LogP contribution in [0.5, 0.6) is 0 Å². The highest BCUT2D eigenvalue weighted by atomic mass is 16.2. The van der Waals surface area contributed by atoms with Gasteiger partial charge in [-0.25, -0.2) is 0 Å². The topological polar surface area (TPSA) is 84.2 Å². The fourth-order valence-electron chi connectivity index (χ4n) is 1.67. The molecule has 0 aliphatic carbocycles. The number of rotatable bonds is 8. The molecule has 0 saturated heterocycles. The van der Waals surface area contributed by atoms with E-state index in [1.807, 2.05) is 26.0 Å². The Balaban J connectivity index is 2.24. The molecule has 0 aromatic heterocycles. The zero-order chi connectivity index (χ0) is 15.0. The maximum absolute atomic E-state index is 11.5. The maximum Gasteiger partial charge on any atom is 0.248 e. The van der Waals surface area contributed by atoms with Crippen molar-refractivity contribution < 1.29 is 9.59 Å². The number of nitrogens with one attached hydrogen (secondary N) is 2. The Morgan fingerprint density at radius 3 is 2.45 bits per heavy atom. The van der Waals surface area contributed by atoms with Crippen molar-refractivity contribution >= 4 is 11.8 Å². The van der Waals surface area contributed by atoms with Crippen LogP contribution in [0, 0.1) is 0 Å². The summed E-state index contributed by atoms with van der Waals surface area (Å²) in [5, 5.41) is 6.11. The SMILES string of the molecule is CCC(C)NC(=O)CCNCc1ccc(C(N)=O)cc1. The van der Waals surface area contributed by atoms with E-state index in [2.05, 4.69) is 10.6 Å². The quantitative estimate of drug-likeness (QED) is 0.624. The predicted octanol–water partition coefficient (Wildman–Crippen LogP) is 1.18. The molecule has 0 aliphatic heterocycles. The highest BCUT2D eigenvalue weighted by molar-refractivity contribution is 5.92. The number of hydrogen-bond acceptors (Lipinski definition) is 3. The molecule has 110 valence electrons. The van der Waals surface area contributed by atoms with Crippen LogP contribution in [0.25, 0.3) is 0 Å². The minimum atomic E-state index is -0.425. The van der Waals surface area contributed by atoms with Gasteiger partial charge in [-0.15, -0.1) is 0 Å². The van der Waals surface area contributed by atoms with Crippen LogP contribution < -0.4 is 16.4 Å². The number of carbonyl (C=O) groups excluding carboxylic acids is 2. The Morgan fingerprint density at radius 2 is 1.90 bits per heavy atom. The molecule has 0 bridgehead atoms. The first kappa shape index (κ1) is 16.2. The van der Waals surface area contributed by atoms with Crippen molar-refractivity contribution in [3.05, 3.63) is 35.4 Å². The van der Waals surface area contributed by atoms with E-state index in [1.54, 1.807) is 12.1 Å². The zero-order valence-electron chi connectivity index (χ0n) is 12.1. The van der Waals surface area contributed by atoms with E-state index in [1.165, 1.54) is 0 Å². The second-order valence-electron chi connectivity index (χ2n) is 4.86. The van der Waals surface area contributed by atoms with Crippen LogP contribution in [0.3, 0.4) is 0 Å². The van der Waals surface area contributed by atoms with Gasteiger partial charge in [-0.05, 0) is 31.0 Å². The zero-order valence-corrected chi connectivity index (χ0v) is 12.1. The highest BCUT2D eigenvalue weighted by Crippen LogP contribution is 2.03. The molecular weight excluding hydrogens is 254 g/mol. The molecule has 0 saturated carbocycles. The minimum absolute atomic E-state index is 0.0657. The number of nitrogens with two attached hydrogens (primary N) is 1. The van der Waals surface area contributed by atoms with Gasteiger partial charge in [0.05, 0.1) is 0 Å². The Labute approximate surface area is 119 Å². The number of carbonyl (C=O) groups is 2. The van der Waals surface area contributed by atoms with Crippen LogP contribution in [0.1, 0.15) is 42.6 Å². The third-order valence-corrected chi connectivity index (χ3v) is 3.12. The average Bonchev–Trinajstić information content (AvgIpc) is 2.44. The van der Waals surface area contributed by atoms with Gasteiger partial charge in [-0.1, -0.05) is 19.1 Å². The summed E-state index contributed by atoms with van der Waals surface area (Å²) in [5.41, 5.74) is 6.73. The molecule has 1 aromatic rings. The fourth-order valence-corrected chi connectivity index (χ4v) is 1.67. The van der Waals surface area contributed by atoms with Gasteiger partial charge >= 0.3 is 0 Å². The number of benzene rings is 1. The summed E-state index contributed by atoms with van der Waals surface area (Å²) in [7, 11) is 0. The van der Waals surface area contributed by atoms with E-state index in [0.29, 0.717) is 25.1 Å². The van der Waals surface area contributed by atoms with Crippen molar-refractivity contribution in [2.75, 3.05) is 6.54 Å². The summed E-state index contributed by atoms with van der Waals surface area (Å²) in [6.45, 7) is 5.32. The minimum Gasteiger partial charge on any atom is -0.366 e. The molecule has 1 aromatic carbocycles. The largest absolute Gasteiger partial charge is 0.366 e. The molecule has 1 unspecified atom stereocenters. The Kier molecular flexibility index (Phi) is 6.73.